The van der Waals surface area contributed by atoms with Gasteiger partial charge in [0.25, 0.3) is 0 Å². The molecule has 1 aliphatic rings. The van der Waals surface area contributed by atoms with Crippen molar-refractivity contribution in [1.82, 2.24) is 9.97 Å². The van der Waals surface area contributed by atoms with E-state index >= 15 is 0 Å². The van der Waals surface area contributed by atoms with Gasteiger partial charge in [-0.15, -0.1) is 0 Å². The highest BCUT2D eigenvalue weighted by Crippen LogP contribution is 2.18. The number of benzene rings is 1. The topological polar surface area (TPSA) is 62.4 Å². The lowest BCUT2D eigenvalue weighted by atomic mass is 10.1. The summed E-state index contributed by atoms with van der Waals surface area (Å²) in [4.78, 5) is 11.7. The van der Waals surface area contributed by atoms with E-state index < -0.39 is 0 Å². The van der Waals surface area contributed by atoms with Gasteiger partial charge in [0.2, 0.25) is 0 Å². The van der Waals surface area contributed by atoms with Crippen LogP contribution in [0.1, 0.15) is 23.9 Å². The summed E-state index contributed by atoms with van der Waals surface area (Å²) >= 11 is 0. The molecule has 0 aliphatic carbocycles. The van der Waals surface area contributed by atoms with E-state index in [1.54, 1.807) is 14.2 Å². The Morgan fingerprint density at radius 1 is 1.00 bits per heavy atom. The third-order valence-electron chi connectivity index (χ3n) is 4.96. The lowest BCUT2D eigenvalue weighted by Crippen LogP contribution is -2.22. The Labute approximate surface area is 157 Å². The standard InChI is InChI=1S/C22H23N3O2/c1-12-10-13(2)23-19(12)14(3)20-18(26-4)11-17(25-20)21-22(27-5)15-8-6-7-9-16(15)24-21/h6-11,23,25H,1-5H3/b20-14+,21-17-. The Kier molecular flexibility index (Phi) is 4.15. The fourth-order valence-corrected chi connectivity index (χ4v) is 3.70. The highest BCUT2D eigenvalue weighted by atomic mass is 16.5. The van der Waals surface area contributed by atoms with Crippen molar-refractivity contribution in [2.45, 2.75) is 20.8 Å². The van der Waals surface area contributed by atoms with Gasteiger partial charge in [0.1, 0.15) is 11.4 Å². The zero-order chi connectivity index (χ0) is 19.1. The molecule has 0 radical (unpaired) electrons. The van der Waals surface area contributed by atoms with Gasteiger partial charge in [-0.3, -0.25) is 0 Å². The molecule has 0 atom stereocenters. The van der Waals surface area contributed by atoms with Crippen LogP contribution in [0.25, 0.3) is 17.0 Å². The minimum absolute atomic E-state index is 0.769. The number of hydrogen-bond donors (Lipinski definition) is 2. The van der Waals surface area contributed by atoms with Gasteiger partial charge in [-0.25, -0.2) is 4.99 Å². The summed E-state index contributed by atoms with van der Waals surface area (Å²) in [6.45, 7) is 6.25. The average molecular weight is 361 g/mol. The highest BCUT2D eigenvalue weighted by molar-refractivity contribution is 5.84. The van der Waals surface area contributed by atoms with E-state index in [1.165, 1.54) is 5.56 Å². The van der Waals surface area contributed by atoms with Gasteiger partial charge in [0.15, 0.2) is 5.76 Å². The number of methoxy groups -OCH3 is 2. The maximum Gasteiger partial charge on any atom is 0.156 e. The fourth-order valence-electron chi connectivity index (χ4n) is 3.70. The number of para-hydroxylation sites is 1. The van der Waals surface area contributed by atoms with Crippen molar-refractivity contribution in [1.29, 1.82) is 0 Å². The number of nitrogens with one attached hydrogen (secondary N) is 2. The predicted molar refractivity (Wildman–Crippen MR) is 106 cm³/mol. The number of aromatic amines is 2. The van der Waals surface area contributed by atoms with E-state index in [4.69, 9.17) is 14.5 Å². The first kappa shape index (κ1) is 17.2. The van der Waals surface area contributed by atoms with E-state index in [9.17, 15) is 0 Å². The molecule has 1 aliphatic heterocycles. The van der Waals surface area contributed by atoms with Crippen LogP contribution in [-0.2, 0) is 4.74 Å². The average Bonchev–Trinajstić information content (AvgIpc) is 3.34. The molecule has 138 valence electrons. The summed E-state index contributed by atoms with van der Waals surface area (Å²) in [6, 6.07) is 12.1. The first-order valence-electron chi connectivity index (χ1n) is 8.90. The molecule has 27 heavy (non-hydrogen) atoms. The van der Waals surface area contributed by atoms with Crippen LogP contribution in [0.2, 0.25) is 0 Å². The van der Waals surface area contributed by atoms with Gasteiger partial charge in [0.05, 0.1) is 30.3 Å². The monoisotopic (exact) mass is 361 g/mol. The van der Waals surface area contributed by atoms with Crippen LogP contribution in [0.3, 0.4) is 0 Å². The number of rotatable bonds is 3. The molecule has 0 unspecified atom stereocenters. The van der Waals surface area contributed by atoms with E-state index in [2.05, 4.69) is 36.8 Å². The van der Waals surface area contributed by atoms with Gasteiger partial charge in [-0.1, -0.05) is 12.1 Å². The molecule has 2 N–H and O–H groups in total. The summed E-state index contributed by atoms with van der Waals surface area (Å²) in [7, 11) is 3.36. The van der Waals surface area contributed by atoms with Crippen LogP contribution >= 0.6 is 0 Å². The molecule has 3 heterocycles. The summed E-state index contributed by atoms with van der Waals surface area (Å²) in [5.74, 6) is 1.55. The van der Waals surface area contributed by atoms with Crippen LogP contribution in [-0.4, -0.2) is 24.2 Å². The lowest BCUT2D eigenvalue weighted by Gasteiger charge is -2.02. The van der Waals surface area contributed by atoms with E-state index in [1.807, 2.05) is 30.3 Å². The molecule has 0 saturated carbocycles. The second-order valence-electron chi connectivity index (χ2n) is 6.77. The summed E-state index contributed by atoms with van der Waals surface area (Å²) in [6.07, 6.45) is 0. The molecule has 4 rings (SSSR count). The molecule has 1 aromatic carbocycles. The molecule has 0 bridgehead atoms. The first-order chi connectivity index (χ1) is 13.0. The van der Waals surface area contributed by atoms with Crippen molar-refractivity contribution in [3.05, 3.63) is 74.6 Å². The van der Waals surface area contributed by atoms with Crippen LogP contribution in [0, 0.1) is 13.8 Å². The zero-order valence-electron chi connectivity index (χ0n) is 16.2. The number of hydrogen-bond acceptors (Lipinski definition) is 3. The maximum absolute atomic E-state index is 5.67. The molecular formula is C22H23N3O2. The van der Waals surface area contributed by atoms with E-state index in [-0.39, 0.29) is 0 Å². The van der Waals surface area contributed by atoms with Crippen molar-refractivity contribution in [3.8, 4) is 5.75 Å². The van der Waals surface area contributed by atoms with Crippen molar-refractivity contribution >= 4 is 17.0 Å². The third-order valence-corrected chi connectivity index (χ3v) is 4.96. The first-order valence-corrected chi connectivity index (χ1v) is 8.90. The second-order valence-corrected chi connectivity index (χ2v) is 6.77. The fraction of sp³-hybridized carbons (Fsp3) is 0.227. The van der Waals surface area contributed by atoms with Gasteiger partial charge in [-0.2, -0.15) is 0 Å². The number of ether oxygens (including phenoxy) is 2. The number of nitrogens with zero attached hydrogens (tertiary/aromatic N) is 1. The van der Waals surface area contributed by atoms with Crippen molar-refractivity contribution in [2.75, 3.05) is 14.2 Å². The Morgan fingerprint density at radius 2 is 1.78 bits per heavy atom. The zero-order valence-corrected chi connectivity index (χ0v) is 16.2. The molecule has 0 fully saturated rings. The van der Waals surface area contributed by atoms with Crippen LogP contribution in [0.4, 0.5) is 0 Å². The minimum atomic E-state index is 0.769. The quantitative estimate of drug-likeness (QED) is 0.740. The predicted octanol–water partition coefficient (Wildman–Crippen LogP) is 1.38. The third kappa shape index (κ3) is 2.76. The normalized spacial score (nSPS) is 16.1. The summed E-state index contributed by atoms with van der Waals surface area (Å²) in [5, 5.41) is 3.72. The van der Waals surface area contributed by atoms with Gasteiger partial charge in [-0.05, 0) is 44.5 Å². The van der Waals surface area contributed by atoms with Crippen molar-refractivity contribution in [2.24, 2.45) is 4.99 Å². The smallest absolute Gasteiger partial charge is 0.156 e. The van der Waals surface area contributed by atoms with Gasteiger partial charge in [0, 0.05) is 28.2 Å². The van der Waals surface area contributed by atoms with Crippen LogP contribution < -0.4 is 26.0 Å². The highest BCUT2D eigenvalue weighted by Gasteiger charge is 2.16. The van der Waals surface area contributed by atoms with Crippen LogP contribution in [0.5, 0.6) is 5.75 Å². The Morgan fingerprint density at radius 3 is 2.44 bits per heavy atom. The molecule has 5 nitrogen and oxygen atoms in total. The summed E-state index contributed by atoms with van der Waals surface area (Å²) in [5.41, 5.74) is 5.33. The molecule has 0 amide bonds. The molecule has 3 aromatic rings. The van der Waals surface area contributed by atoms with Crippen molar-refractivity contribution < 1.29 is 9.47 Å². The Bertz CT molecular complexity index is 1280. The Hall–Kier alpha value is -3.21. The largest absolute Gasteiger partial charge is 0.494 e. The maximum atomic E-state index is 5.67. The summed E-state index contributed by atoms with van der Waals surface area (Å²) < 4.78 is 11.3. The lowest BCUT2D eigenvalue weighted by molar-refractivity contribution is 0.372. The SMILES string of the molecule is COC1=c2ccccc2=N/C1=c1/cc(OC)/c(=C(/C)c2[nH]c(C)cc2C)[nH]1. The molecule has 0 saturated heterocycles. The number of aryl methyl sites for hydroxylation is 2. The minimum Gasteiger partial charge on any atom is -0.494 e. The molecule has 5 heteroatoms. The molecule has 0 spiro atoms. The second kappa shape index (κ2) is 6.50. The molecular weight excluding hydrogens is 338 g/mol. The number of aromatic nitrogens is 2. The van der Waals surface area contributed by atoms with Crippen molar-refractivity contribution in [3.63, 3.8) is 0 Å². The number of fused-ring (bicyclic) bond motifs is 1. The molecule has 2 aromatic heterocycles. The van der Waals surface area contributed by atoms with Gasteiger partial charge < -0.3 is 19.4 Å². The Balaban J connectivity index is 2.04. The van der Waals surface area contributed by atoms with Gasteiger partial charge >= 0.3 is 0 Å². The van der Waals surface area contributed by atoms with Crippen LogP contribution in [0.15, 0.2) is 41.4 Å². The number of H-pyrrole nitrogens is 2. The van der Waals surface area contributed by atoms with E-state index in [0.29, 0.717) is 0 Å². The van der Waals surface area contributed by atoms with E-state index in [0.717, 1.165) is 55.4 Å².